The molecule has 1 aromatic rings. The van der Waals surface area contributed by atoms with Crippen LogP contribution in [-0.2, 0) is 0 Å². The van der Waals surface area contributed by atoms with Gasteiger partial charge in [-0.15, -0.1) is 0 Å². The number of likely N-dealkylation sites (N-methyl/N-ethyl adjacent to an activating group) is 1. The summed E-state index contributed by atoms with van der Waals surface area (Å²) < 4.78 is 12.9. The van der Waals surface area contributed by atoms with Gasteiger partial charge in [0.2, 0.25) is 0 Å². The predicted molar refractivity (Wildman–Crippen MR) is 55.1 cm³/mol. The molecule has 1 aliphatic heterocycles. The van der Waals surface area contributed by atoms with Crippen LogP contribution in [0, 0.1) is 5.82 Å². The Hall–Kier alpha value is -1.33. The van der Waals surface area contributed by atoms with Crippen molar-refractivity contribution in [3.8, 4) is 0 Å². The van der Waals surface area contributed by atoms with Gasteiger partial charge in [-0.2, -0.15) is 0 Å². The quantitative estimate of drug-likeness (QED) is 0.642. The van der Waals surface area contributed by atoms with Gasteiger partial charge in [-0.05, 0) is 25.1 Å². The molecule has 0 aromatic heterocycles. The van der Waals surface area contributed by atoms with Gasteiger partial charge in [-0.25, -0.2) is 4.39 Å². The fourth-order valence-corrected chi connectivity index (χ4v) is 1.78. The van der Waals surface area contributed by atoms with Crippen molar-refractivity contribution in [3.63, 3.8) is 0 Å². The summed E-state index contributed by atoms with van der Waals surface area (Å²) in [7, 11) is 0. The highest BCUT2D eigenvalue weighted by Gasteiger charge is 2.30. The van der Waals surface area contributed by atoms with Crippen LogP contribution >= 0.6 is 0 Å². The lowest BCUT2D eigenvalue weighted by Crippen LogP contribution is -2.50. The van der Waals surface area contributed by atoms with Gasteiger partial charge >= 0.3 is 0 Å². The molecule has 1 heterocycles. The largest absolute Gasteiger partial charge is 0.369 e. The molecule has 2 atom stereocenters. The van der Waals surface area contributed by atoms with E-state index < -0.39 is 12.5 Å². The van der Waals surface area contributed by atoms with E-state index >= 15 is 0 Å². The van der Waals surface area contributed by atoms with Crippen molar-refractivity contribution in [1.29, 1.82) is 0 Å². The zero-order valence-corrected chi connectivity index (χ0v) is 8.31. The van der Waals surface area contributed by atoms with E-state index in [0.717, 1.165) is 0 Å². The summed E-state index contributed by atoms with van der Waals surface area (Å²) in [5.74, 6) is -0.374. The maximum Gasteiger partial charge on any atom is 0.172 e. The van der Waals surface area contributed by atoms with Gasteiger partial charge in [0, 0.05) is 6.54 Å². The number of nitrogens with one attached hydrogen (secondary N) is 1. The Labute approximate surface area is 86.9 Å². The number of fused-ring (bicyclic) bond motifs is 1. The van der Waals surface area contributed by atoms with E-state index in [4.69, 9.17) is 0 Å². The summed E-state index contributed by atoms with van der Waals surface area (Å²) in [6, 6.07) is 4.21. The Balaban J connectivity index is 2.45. The third-order valence-corrected chi connectivity index (χ3v) is 2.51. The second-order valence-electron chi connectivity index (χ2n) is 3.45. The first-order chi connectivity index (χ1) is 7.13. The molecule has 5 heteroatoms. The van der Waals surface area contributed by atoms with Crippen LogP contribution in [0.1, 0.15) is 6.92 Å². The highest BCUT2D eigenvalue weighted by molar-refractivity contribution is 5.72. The minimum atomic E-state index is -1.10. The topological polar surface area (TPSA) is 55.7 Å². The second kappa shape index (κ2) is 3.67. The van der Waals surface area contributed by atoms with Gasteiger partial charge in [0.25, 0.3) is 0 Å². The molecular formula is C10H13FN2O2. The van der Waals surface area contributed by atoms with Gasteiger partial charge in [0.15, 0.2) is 12.5 Å². The van der Waals surface area contributed by atoms with Crippen molar-refractivity contribution in [2.45, 2.75) is 19.4 Å². The molecule has 0 bridgehead atoms. The molecule has 3 N–H and O–H groups in total. The van der Waals surface area contributed by atoms with Crippen molar-refractivity contribution in [1.82, 2.24) is 0 Å². The van der Waals surface area contributed by atoms with E-state index in [2.05, 4.69) is 5.32 Å². The second-order valence-corrected chi connectivity index (χ2v) is 3.45. The fraction of sp³-hybridized carbons (Fsp3) is 0.400. The van der Waals surface area contributed by atoms with E-state index in [0.29, 0.717) is 17.9 Å². The van der Waals surface area contributed by atoms with Gasteiger partial charge < -0.3 is 20.4 Å². The maximum absolute atomic E-state index is 12.9. The highest BCUT2D eigenvalue weighted by Crippen LogP contribution is 2.32. The van der Waals surface area contributed by atoms with Crippen LogP contribution < -0.4 is 10.2 Å². The maximum atomic E-state index is 12.9. The molecule has 0 fully saturated rings. The molecule has 0 radical (unpaired) electrons. The van der Waals surface area contributed by atoms with Crippen molar-refractivity contribution in [2.24, 2.45) is 0 Å². The summed E-state index contributed by atoms with van der Waals surface area (Å²) in [4.78, 5) is 1.61. The number of benzene rings is 1. The molecule has 0 amide bonds. The van der Waals surface area contributed by atoms with Crippen LogP contribution in [-0.4, -0.2) is 29.2 Å². The standard InChI is InChI=1S/C10H13FN2O2/c1-2-13-8-4-3-6(11)5-7(8)12-9(14)10(13)15/h3-5,9-10,12,14-15H,2H2,1H3. The average Bonchev–Trinajstić information content (AvgIpc) is 2.20. The van der Waals surface area contributed by atoms with Crippen molar-refractivity contribution in [2.75, 3.05) is 16.8 Å². The van der Waals surface area contributed by atoms with E-state index in [-0.39, 0.29) is 5.82 Å². The molecule has 1 aromatic carbocycles. The molecule has 0 spiro atoms. The zero-order chi connectivity index (χ0) is 11.0. The third kappa shape index (κ3) is 1.64. The number of halogens is 1. The lowest BCUT2D eigenvalue weighted by atomic mass is 10.1. The molecule has 15 heavy (non-hydrogen) atoms. The molecular weight excluding hydrogens is 199 g/mol. The SMILES string of the molecule is CCN1c2ccc(F)cc2NC(O)C1O. The molecule has 0 aliphatic carbocycles. The number of hydrogen-bond donors (Lipinski definition) is 3. The highest BCUT2D eigenvalue weighted by atomic mass is 19.1. The fourth-order valence-electron chi connectivity index (χ4n) is 1.78. The van der Waals surface area contributed by atoms with E-state index in [1.165, 1.54) is 12.1 Å². The summed E-state index contributed by atoms with van der Waals surface area (Å²) in [5, 5.41) is 21.8. The van der Waals surface area contributed by atoms with Gasteiger partial charge in [0.05, 0.1) is 11.4 Å². The summed E-state index contributed by atoms with van der Waals surface area (Å²) in [6.45, 7) is 2.40. The summed E-state index contributed by atoms with van der Waals surface area (Å²) in [6.07, 6.45) is -2.10. The van der Waals surface area contributed by atoms with Gasteiger partial charge in [-0.3, -0.25) is 0 Å². The molecule has 4 nitrogen and oxygen atoms in total. The summed E-state index contributed by atoms with van der Waals surface area (Å²) >= 11 is 0. The number of nitrogens with zero attached hydrogens (tertiary/aromatic N) is 1. The van der Waals surface area contributed by atoms with Crippen molar-refractivity contribution in [3.05, 3.63) is 24.0 Å². The first-order valence-corrected chi connectivity index (χ1v) is 4.82. The Morgan fingerprint density at radius 3 is 2.87 bits per heavy atom. The van der Waals surface area contributed by atoms with Crippen LogP contribution in [0.4, 0.5) is 15.8 Å². The number of hydrogen-bond acceptors (Lipinski definition) is 4. The number of aliphatic hydroxyl groups excluding tert-OH is 2. The number of aliphatic hydroxyl groups is 2. The lowest BCUT2D eigenvalue weighted by Gasteiger charge is -2.38. The smallest absolute Gasteiger partial charge is 0.172 e. The molecule has 2 unspecified atom stereocenters. The average molecular weight is 212 g/mol. The lowest BCUT2D eigenvalue weighted by molar-refractivity contribution is 0.0319. The normalized spacial score (nSPS) is 24.7. The van der Waals surface area contributed by atoms with Crippen LogP contribution in [0.5, 0.6) is 0 Å². The minimum Gasteiger partial charge on any atom is -0.369 e. The molecule has 82 valence electrons. The van der Waals surface area contributed by atoms with Crippen molar-refractivity contribution >= 4 is 11.4 Å². The Morgan fingerprint density at radius 1 is 1.47 bits per heavy atom. The van der Waals surface area contributed by atoms with Crippen LogP contribution in [0.15, 0.2) is 18.2 Å². The van der Waals surface area contributed by atoms with Crippen LogP contribution in [0.2, 0.25) is 0 Å². The zero-order valence-electron chi connectivity index (χ0n) is 8.31. The third-order valence-electron chi connectivity index (χ3n) is 2.51. The Morgan fingerprint density at radius 2 is 2.20 bits per heavy atom. The van der Waals surface area contributed by atoms with Gasteiger partial charge in [0.1, 0.15) is 5.82 Å². The predicted octanol–water partition coefficient (Wildman–Crippen LogP) is 0.714. The minimum absolute atomic E-state index is 0.374. The number of anilines is 2. The van der Waals surface area contributed by atoms with E-state index in [9.17, 15) is 14.6 Å². The Kier molecular flexibility index (Phi) is 2.50. The first kappa shape index (κ1) is 10.2. The monoisotopic (exact) mass is 212 g/mol. The molecule has 0 saturated carbocycles. The first-order valence-electron chi connectivity index (χ1n) is 4.82. The van der Waals surface area contributed by atoms with E-state index in [1.807, 2.05) is 6.92 Å². The number of rotatable bonds is 1. The molecule has 0 saturated heterocycles. The van der Waals surface area contributed by atoms with Gasteiger partial charge in [-0.1, -0.05) is 0 Å². The molecule has 1 aliphatic rings. The summed E-state index contributed by atoms with van der Waals surface area (Å²) in [5.41, 5.74) is 1.19. The van der Waals surface area contributed by atoms with Crippen LogP contribution in [0.25, 0.3) is 0 Å². The van der Waals surface area contributed by atoms with Crippen molar-refractivity contribution < 1.29 is 14.6 Å². The Bertz CT molecular complexity index is 372. The van der Waals surface area contributed by atoms with Crippen LogP contribution in [0.3, 0.4) is 0 Å². The van der Waals surface area contributed by atoms with E-state index in [1.54, 1.807) is 11.0 Å². The molecule has 2 rings (SSSR count).